The fraction of sp³-hybridized carbons (Fsp3) is 1.00. The molecule has 0 aromatic carbocycles. The molecule has 0 amide bonds. The molecule has 2 aliphatic rings. The second-order valence-electron chi connectivity index (χ2n) is 4.34. The van der Waals surface area contributed by atoms with Crippen molar-refractivity contribution in [3.63, 3.8) is 0 Å². The molecule has 0 bridgehead atoms. The van der Waals surface area contributed by atoms with Crippen LogP contribution in [0.4, 0.5) is 0 Å². The summed E-state index contributed by atoms with van der Waals surface area (Å²) in [6.45, 7) is 1.32. The first kappa shape index (κ1) is 8.52. The van der Waals surface area contributed by atoms with E-state index in [9.17, 15) is 0 Å². The van der Waals surface area contributed by atoms with Gasteiger partial charge >= 0.3 is 0 Å². The molecule has 0 radical (unpaired) electrons. The summed E-state index contributed by atoms with van der Waals surface area (Å²) in [4.78, 5) is 2.56. The van der Waals surface area contributed by atoms with E-state index in [0.29, 0.717) is 0 Å². The molecular formula is C10H20N2. The van der Waals surface area contributed by atoms with Crippen molar-refractivity contribution in [1.29, 1.82) is 0 Å². The Morgan fingerprint density at radius 3 is 2.75 bits per heavy atom. The highest BCUT2D eigenvalue weighted by molar-refractivity contribution is 5.00. The lowest BCUT2D eigenvalue weighted by atomic mass is 9.99. The lowest BCUT2D eigenvalue weighted by molar-refractivity contribution is 0.162. The Hall–Kier alpha value is -0.0800. The van der Waals surface area contributed by atoms with Crippen LogP contribution in [0.2, 0.25) is 0 Å². The Bertz CT molecular complexity index is 158. The SMILES string of the molecule is CNC1CC1C1CCCCN1C. The van der Waals surface area contributed by atoms with E-state index in [1.165, 1.54) is 32.2 Å². The highest BCUT2D eigenvalue weighted by Gasteiger charge is 2.43. The van der Waals surface area contributed by atoms with Gasteiger partial charge in [0.2, 0.25) is 0 Å². The van der Waals surface area contributed by atoms with Gasteiger partial charge in [-0.15, -0.1) is 0 Å². The number of nitrogens with one attached hydrogen (secondary N) is 1. The average molecular weight is 168 g/mol. The number of hydrogen-bond acceptors (Lipinski definition) is 2. The quantitative estimate of drug-likeness (QED) is 0.663. The number of hydrogen-bond donors (Lipinski definition) is 1. The molecule has 0 aromatic heterocycles. The summed E-state index contributed by atoms with van der Waals surface area (Å²) in [6, 6.07) is 1.71. The first-order valence-corrected chi connectivity index (χ1v) is 5.20. The average Bonchev–Trinajstić information content (AvgIpc) is 2.84. The molecule has 3 unspecified atom stereocenters. The molecule has 1 N–H and O–H groups in total. The standard InChI is InChI=1S/C10H20N2/c1-11-9-7-8(9)10-5-3-4-6-12(10)2/h8-11H,3-7H2,1-2H3. The zero-order chi connectivity index (χ0) is 8.55. The van der Waals surface area contributed by atoms with Crippen LogP contribution in [0.15, 0.2) is 0 Å². The van der Waals surface area contributed by atoms with Crippen LogP contribution in [0, 0.1) is 5.92 Å². The second kappa shape index (κ2) is 3.35. The molecule has 70 valence electrons. The second-order valence-corrected chi connectivity index (χ2v) is 4.34. The molecule has 0 spiro atoms. The Morgan fingerprint density at radius 1 is 1.33 bits per heavy atom. The van der Waals surface area contributed by atoms with E-state index >= 15 is 0 Å². The fourth-order valence-corrected chi connectivity index (χ4v) is 2.61. The van der Waals surface area contributed by atoms with E-state index in [-0.39, 0.29) is 0 Å². The predicted molar refractivity (Wildman–Crippen MR) is 51.2 cm³/mol. The molecular weight excluding hydrogens is 148 g/mol. The van der Waals surface area contributed by atoms with Crippen LogP contribution in [0.5, 0.6) is 0 Å². The molecule has 0 aromatic rings. The van der Waals surface area contributed by atoms with Gasteiger partial charge < -0.3 is 10.2 Å². The molecule has 1 saturated heterocycles. The van der Waals surface area contributed by atoms with Gasteiger partial charge in [-0.25, -0.2) is 0 Å². The van der Waals surface area contributed by atoms with Crippen LogP contribution >= 0.6 is 0 Å². The highest BCUT2D eigenvalue weighted by Crippen LogP contribution is 2.39. The molecule has 12 heavy (non-hydrogen) atoms. The molecule has 3 atom stereocenters. The maximum Gasteiger partial charge on any atom is 0.0136 e. The zero-order valence-electron chi connectivity index (χ0n) is 8.21. The summed E-state index contributed by atoms with van der Waals surface area (Å²) < 4.78 is 0. The van der Waals surface area contributed by atoms with Crippen molar-refractivity contribution in [2.45, 2.75) is 37.8 Å². The van der Waals surface area contributed by atoms with Gasteiger partial charge in [-0.05, 0) is 45.8 Å². The molecule has 1 aliphatic heterocycles. The zero-order valence-corrected chi connectivity index (χ0v) is 8.21. The van der Waals surface area contributed by atoms with Gasteiger partial charge in [0.15, 0.2) is 0 Å². The smallest absolute Gasteiger partial charge is 0.0136 e. The van der Waals surface area contributed by atoms with Crippen molar-refractivity contribution in [1.82, 2.24) is 10.2 Å². The maximum atomic E-state index is 3.38. The Morgan fingerprint density at radius 2 is 2.17 bits per heavy atom. The first-order valence-electron chi connectivity index (χ1n) is 5.20. The van der Waals surface area contributed by atoms with Crippen LogP contribution in [-0.4, -0.2) is 37.6 Å². The lowest BCUT2D eigenvalue weighted by Gasteiger charge is -2.32. The van der Waals surface area contributed by atoms with Crippen molar-refractivity contribution in [2.75, 3.05) is 20.6 Å². The summed E-state index contributed by atoms with van der Waals surface area (Å²) in [6.07, 6.45) is 5.69. The summed E-state index contributed by atoms with van der Waals surface area (Å²) in [5.74, 6) is 0.959. The Kier molecular flexibility index (Phi) is 2.37. The maximum absolute atomic E-state index is 3.38. The van der Waals surface area contributed by atoms with E-state index in [1.54, 1.807) is 0 Å². The number of piperidine rings is 1. The number of likely N-dealkylation sites (tertiary alicyclic amines) is 1. The van der Waals surface area contributed by atoms with Gasteiger partial charge in [-0.2, -0.15) is 0 Å². The van der Waals surface area contributed by atoms with Crippen molar-refractivity contribution in [3.05, 3.63) is 0 Å². The van der Waals surface area contributed by atoms with E-state index in [2.05, 4.69) is 24.3 Å². The van der Waals surface area contributed by atoms with Crippen LogP contribution < -0.4 is 5.32 Å². The summed E-state index contributed by atoms with van der Waals surface area (Å²) in [5, 5.41) is 3.38. The van der Waals surface area contributed by atoms with Crippen molar-refractivity contribution in [2.24, 2.45) is 5.92 Å². The summed E-state index contributed by atoms with van der Waals surface area (Å²) in [7, 11) is 4.38. The molecule has 2 heteroatoms. The number of nitrogens with zero attached hydrogens (tertiary/aromatic N) is 1. The minimum atomic E-state index is 0.829. The molecule has 1 saturated carbocycles. The molecule has 1 aliphatic carbocycles. The first-order chi connectivity index (χ1) is 5.83. The largest absolute Gasteiger partial charge is 0.317 e. The van der Waals surface area contributed by atoms with Gasteiger partial charge in [-0.3, -0.25) is 0 Å². The van der Waals surface area contributed by atoms with E-state index in [1.807, 2.05) is 0 Å². The van der Waals surface area contributed by atoms with Gasteiger partial charge in [0.1, 0.15) is 0 Å². The van der Waals surface area contributed by atoms with Gasteiger partial charge in [-0.1, -0.05) is 6.42 Å². The third kappa shape index (κ3) is 1.50. The lowest BCUT2D eigenvalue weighted by Crippen LogP contribution is -2.39. The van der Waals surface area contributed by atoms with Gasteiger partial charge in [0.25, 0.3) is 0 Å². The molecule has 2 rings (SSSR count). The van der Waals surface area contributed by atoms with E-state index < -0.39 is 0 Å². The Labute approximate surface area is 75.3 Å². The monoisotopic (exact) mass is 168 g/mol. The van der Waals surface area contributed by atoms with Crippen LogP contribution in [0.3, 0.4) is 0 Å². The van der Waals surface area contributed by atoms with Crippen molar-refractivity contribution >= 4 is 0 Å². The molecule has 1 heterocycles. The minimum Gasteiger partial charge on any atom is -0.317 e. The molecule has 2 nitrogen and oxygen atoms in total. The van der Waals surface area contributed by atoms with E-state index in [0.717, 1.165) is 18.0 Å². The molecule has 2 fully saturated rings. The third-order valence-electron chi connectivity index (χ3n) is 3.53. The van der Waals surface area contributed by atoms with Crippen molar-refractivity contribution < 1.29 is 0 Å². The minimum absolute atomic E-state index is 0.829. The topological polar surface area (TPSA) is 15.3 Å². The highest BCUT2D eigenvalue weighted by atomic mass is 15.2. The van der Waals surface area contributed by atoms with Crippen LogP contribution in [-0.2, 0) is 0 Å². The van der Waals surface area contributed by atoms with Gasteiger partial charge in [0, 0.05) is 12.1 Å². The van der Waals surface area contributed by atoms with Crippen LogP contribution in [0.25, 0.3) is 0 Å². The van der Waals surface area contributed by atoms with Crippen LogP contribution in [0.1, 0.15) is 25.7 Å². The van der Waals surface area contributed by atoms with Gasteiger partial charge in [0.05, 0.1) is 0 Å². The van der Waals surface area contributed by atoms with E-state index in [4.69, 9.17) is 0 Å². The number of rotatable bonds is 2. The normalized spacial score (nSPS) is 43.0. The Balaban J connectivity index is 1.86. The van der Waals surface area contributed by atoms with Crippen molar-refractivity contribution in [3.8, 4) is 0 Å². The predicted octanol–water partition coefficient (Wildman–Crippen LogP) is 1.08. The third-order valence-corrected chi connectivity index (χ3v) is 3.53. The fourth-order valence-electron chi connectivity index (χ4n) is 2.61. The summed E-state index contributed by atoms with van der Waals surface area (Å²) in [5.41, 5.74) is 0. The summed E-state index contributed by atoms with van der Waals surface area (Å²) >= 11 is 0.